The lowest BCUT2D eigenvalue weighted by Gasteiger charge is -2.02. The molecule has 1 aliphatic carbocycles. The van der Waals surface area contributed by atoms with Crippen molar-refractivity contribution in [1.29, 1.82) is 0 Å². The number of rotatable bonds is 1. The Labute approximate surface area is 115 Å². The zero-order chi connectivity index (χ0) is 12.7. The molecule has 2 aromatic heterocycles. The normalized spacial score (nSPS) is 16.9. The van der Waals surface area contributed by atoms with Gasteiger partial charge in [-0.2, -0.15) is 0 Å². The number of hydrogen-bond acceptors (Lipinski definition) is 1. The van der Waals surface area contributed by atoms with Crippen molar-refractivity contribution in [2.75, 3.05) is 0 Å². The van der Waals surface area contributed by atoms with Crippen LogP contribution in [0.5, 0.6) is 0 Å². The van der Waals surface area contributed by atoms with Crippen LogP contribution in [0.25, 0.3) is 21.8 Å². The number of aromatic nitrogens is 1. The number of fused-ring (bicyclic) bond motifs is 3. The fourth-order valence-electron chi connectivity index (χ4n) is 2.58. The summed E-state index contributed by atoms with van der Waals surface area (Å²) in [6, 6.07) is 10.8. The van der Waals surface area contributed by atoms with Crippen LogP contribution < -0.4 is 0 Å². The molecule has 0 spiro atoms. The molecule has 19 heavy (non-hydrogen) atoms. The second-order valence-electron chi connectivity index (χ2n) is 4.75. The smallest absolute Gasteiger partial charge is 0.101 e. The number of para-hydroxylation sites is 1. The first kappa shape index (κ1) is 10.8. The molecular weight excluding hydrogens is 250 g/mol. The van der Waals surface area contributed by atoms with Gasteiger partial charge in [0.2, 0.25) is 0 Å². The summed E-state index contributed by atoms with van der Waals surface area (Å²) < 4.78 is 2.35. The highest BCUT2D eigenvalue weighted by Crippen LogP contribution is 2.28. The summed E-state index contributed by atoms with van der Waals surface area (Å²) in [4.78, 5) is 1.31. The van der Waals surface area contributed by atoms with Crippen LogP contribution in [0.2, 0.25) is 0 Å². The summed E-state index contributed by atoms with van der Waals surface area (Å²) >= 11 is 1.80. The van der Waals surface area contributed by atoms with Crippen molar-refractivity contribution in [2.24, 2.45) is 0 Å². The zero-order valence-electron chi connectivity index (χ0n) is 10.4. The Morgan fingerprint density at radius 2 is 2.11 bits per heavy atom. The van der Waals surface area contributed by atoms with Gasteiger partial charge < -0.3 is 4.40 Å². The summed E-state index contributed by atoms with van der Waals surface area (Å²) in [6.07, 6.45) is 11.9. The molecule has 0 fully saturated rings. The second-order valence-corrected chi connectivity index (χ2v) is 5.64. The topological polar surface area (TPSA) is 4.41 Å². The molecule has 0 atom stereocenters. The average Bonchev–Trinajstić information content (AvgIpc) is 3.00. The van der Waals surface area contributed by atoms with Crippen LogP contribution in [0.4, 0.5) is 0 Å². The Balaban J connectivity index is 1.95. The van der Waals surface area contributed by atoms with Crippen molar-refractivity contribution < 1.29 is 0 Å². The molecule has 92 valence electrons. The van der Waals surface area contributed by atoms with Crippen LogP contribution >= 0.6 is 11.3 Å². The molecule has 0 N–H and O–H groups in total. The summed E-state index contributed by atoms with van der Waals surface area (Å²) in [5.74, 6) is 0. The van der Waals surface area contributed by atoms with Gasteiger partial charge in [0.15, 0.2) is 0 Å². The summed E-state index contributed by atoms with van der Waals surface area (Å²) in [6.45, 7) is 0. The fourth-order valence-corrected chi connectivity index (χ4v) is 3.50. The van der Waals surface area contributed by atoms with Gasteiger partial charge in [-0.05, 0) is 30.2 Å². The van der Waals surface area contributed by atoms with E-state index < -0.39 is 0 Å². The van der Waals surface area contributed by atoms with Crippen LogP contribution in [-0.4, -0.2) is 4.40 Å². The van der Waals surface area contributed by atoms with Crippen molar-refractivity contribution in [3.05, 3.63) is 71.3 Å². The van der Waals surface area contributed by atoms with E-state index in [1.807, 2.05) is 0 Å². The van der Waals surface area contributed by atoms with Crippen LogP contribution in [-0.2, 0) is 0 Å². The van der Waals surface area contributed by atoms with Gasteiger partial charge in [-0.1, -0.05) is 42.5 Å². The van der Waals surface area contributed by atoms with Crippen molar-refractivity contribution >= 4 is 33.1 Å². The monoisotopic (exact) mass is 263 g/mol. The molecule has 0 saturated carbocycles. The molecule has 0 radical (unpaired) electrons. The predicted octanol–water partition coefficient (Wildman–Crippen LogP) is 5.05. The first-order chi connectivity index (χ1) is 9.42. The largest absolute Gasteiger partial charge is 0.300 e. The van der Waals surface area contributed by atoms with E-state index in [2.05, 4.69) is 70.5 Å². The van der Waals surface area contributed by atoms with Crippen molar-refractivity contribution in [2.45, 2.75) is 6.42 Å². The molecule has 0 amide bonds. The maximum atomic E-state index is 2.35. The minimum absolute atomic E-state index is 1.02. The molecule has 1 aliphatic rings. The van der Waals surface area contributed by atoms with Gasteiger partial charge in [-0.15, -0.1) is 11.3 Å². The highest BCUT2D eigenvalue weighted by Gasteiger charge is 2.07. The Morgan fingerprint density at radius 3 is 3.00 bits per heavy atom. The van der Waals surface area contributed by atoms with Gasteiger partial charge in [0, 0.05) is 10.8 Å². The third-order valence-electron chi connectivity index (χ3n) is 3.48. The van der Waals surface area contributed by atoms with Crippen LogP contribution in [0.1, 0.15) is 12.1 Å². The molecule has 0 unspecified atom stereocenters. The van der Waals surface area contributed by atoms with Gasteiger partial charge in [0.1, 0.15) is 4.83 Å². The quantitative estimate of drug-likeness (QED) is 0.578. The van der Waals surface area contributed by atoms with Crippen molar-refractivity contribution in [3.63, 3.8) is 0 Å². The van der Waals surface area contributed by atoms with E-state index in [-0.39, 0.29) is 0 Å². The van der Waals surface area contributed by atoms with Crippen molar-refractivity contribution in [1.82, 2.24) is 4.40 Å². The number of benzene rings is 1. The Hall–Kier alpha value is -2.06. The Kier molecular flexibility index (Phi) is 2.42. The molecule has 3 aromatic rings. The number of thiazole rings is 1. The lowest BCUT2D eigenvalue weighted by molar-refractivity contribution is 1.24. The fraction of sp³-hybridized carbons (Fsp3) is 0.0588. The zero-order valence-corrected chi connectivity index (χ0v) is 11.2. The highest BCUT2D eigenvalue weighted by atomic mass is 32.1. The number of allylic oxidation sites excluding steroid dienone is 5. The van der Waals surface area contributed by atoms with Crippen LogP contribution in [0.3, 0.4) is 0 Å². The molecule has 1 aromatic carbocycles. The van der Waals surface area contributed by atoms with E-state index in [1.54, 1.807) is 11.3 Å². The maximum absolute atomic E-state index is 2.35. The summed E-state index contributed by atoms with van der Waals surface area (Å²) in [5, 5.41) is 3.55. The van der Waals surface area contributed by atoms with Gasteiger partial charge in [-0.3, -0.25) is 0 Å². The molecule has 0 aliphatic heterocycles. The molecule has 4 rings (SSSR count). The van der Waals surface area contributed by atoms with E-state index in [1.165, 1.54) is 27.0 Å². The van der Waals surface area contributed by atoms with Crippen molar-refractivity contribution in [3.8, 4) is 0 Å². The highest BCUT2D eigenvalue weighted by molar-refractivity contribution is 7.15. The number of nitrogens with zero attached hydrogens (tertiary/aromatic N) is 1. The molecule has 2 heterocycles. The number of hydrogen-bond donors (Lipinski definition) is 0. The Bertz CT molecular complexity index is 843. The molecule has 2 heteroatoms. The van der Waals surface area contributed by atoms with Gasteiger partial charge in [-0.25, -0.2) is 0 Å². The van der Waals surface area contributed by atoms with Crippen LogP contribution in [0, 0.1) is 0 Å². The lowest BCUT2D eigenvalue weighted by atomic mass is 10.1. The minimum Gasteiger partial charge on any atom is -0.300 e. The maximum Gasteiger partial charge on any atom is 0.101 e. The SMILES string of the molecule is C1=CC/C(=C\c2csc3cc4ccccc4n23)C=C1. The van der Waals surface area contributed by atoms with E-state index in [0.29, 0.717) is 0 Å². The van der Waals surface area contributed by atoms with Gasteiger partial charge >= 0.3 is 0 Å². The van der Waals surface area contributed by atoms with E-state index in [0.717, 1.165) is 6.42 Å². The van der Waals surface area contributed by atoms with E-state index in [4.69, 9.17) is 0 Å². The summed E-state index contributed by atoms with van der Waals surface area (Å²) in [5.41, 5.74) is 3.93. The average molecular weight is 263 g/mol. The lowest BCUT2D eigenvalue weighted by Crippen LogP contribution is -1.86. The third-order valence-corrected chi connectivity index (χ3v) is 4.38. The predicted molar refractivity (Wildman–Crippen MR) is 83.7 cm³/mol. The molecule has 0 saturated heterocycles. The standard InChI is InChI=1S/C17H13NS/c1-2-6-13(7-3-1)10-15-12-19-17-11-14-8-4-5-9-16(14)18(15)17/h1-6,8-12H,7H2/b13-10-. The first-order valence-corrected chi connectivity index (χ1v) is 7.31. The van der Waals surface area contributed by atoms with Gasteiger partial charge in [0.25, 0.3) is 0 Å². The molecule has 0 bridgehead atoms. The molecular formula is C17H13NS. The van der Waals surface area contributed by atoms with E-state index >= 15 is 0 Å². The molecule has 1 nitrogen and oxygen atoms in total. The van der Waals surface area contributed by atoms with E-state index in [9.17, 15) is 0 Å². The first-order valence-electron chi connectivity index (χ1n) is 6.43. The summed E-state index contributed by atoms with van der Waals surface area (Å²) in [7, 11) is 0. The Morgan fingerprint density at radius 1 is 1.16 bits per heavy atom. The third kappa shape index (κ3) is 1.76. The van der Waals surface area contributed by atoms with Gasteiger partial charge in [0.05, 0.1) is 11.2 Å². The van der Waals surface area contributed by atoms with Crippen LogP contribution in [0.15, 0.2) is 65.6 Å². The minimum atomic E-state index is 1.02. The second kappa shape index (κ2) is 4.25.